The van der Waals surface area contributed by atoms with Crippen molar-refractivity contribution >= 4 is 11.9 Å². The van der Waals surface area contributed by atoms with Crippen LogP contribution in [-0.2, 0) is 19.1 Å². The molecule has 0 radical (unpaired) electrons. The zero-order chi connectivity index (χ0) is 14.0. The number of ether oxygens (including phenoxy) is 2. The van der Waals surface area contributed by atoms with Crippen LogP contribution in [-0.4, -0.2) is 47.8 Å². The zero-order valence-electron chi connectivity index (χ0n) is 10.1. The van der Waals surface area contributed by atoms with Gasteiger partial charge in [-0.05, 0) is 0 Å². The summed E-state index contributed by atoms with van der Waals surface area (Å²) in [6.45, 7) is -0.376. The Morgan fingerprint density at radius 2 is 1.22 bits per heavy atom. The first-order valence-corrected chi connectivity index (χ1v) is 5.61. The van der Waals surface area contributed by atoms with Crippen molar-refractivity contribution in [1.82, 2.24) is 0 Å². The van der Waals surface area contributed by atoms with E-state index in [4.69, 9.17) is 31.2 Å². The summed E-state index contributed by atoms with van der Waals surface area (Å²) < 4.78 is 9.39. The minimum Gasteiger partial charge on any atom is -0.447 e. The predicted molar refractivity (Wildman–Crippen MR) is 60.8 cm³/mol. The van der Waals surface area contributed by atoms with E-state index in [0.29, 0.717) is 0 Å². The highest BCUT2D eigenvalue weighted by Crippen LogP contribution is 2.01. The van der Waals surface area contributed by atoms with Crippen molar-refractivity contribution in [2.24, 2.45) is 11.5 Å². The van der Waals surface area contributed by atoms with Crippen LogP contribution in [0.4, 0.5) is 0 Å². The molecule has 0 aliphatic carbocycles. The molecule has 0 amide bonds. The Hall–Kier alpha value is -1.22. The molecule has 6 N–H and O–H groups in total. The van der Waals surface area contributed by atoms with E-state index in [1.807, 2.05) is 0 Å². The lowest BCUT2D eigenvalue weighted by atomic mass is 10.3. The van der Waals surface area contributed by atoms with E-state index in [9.17, 15) is 9.59 Å². The van der Waals surface area contributed by atoms with Gasteiger partial charge in [0.25, 0.3) is 0 Å². The first-order valence-electron chi connectivity index (χ1n) is 5.61. The molecule has 0 bridgehead atoms. The quantitative estimate of drug-likeness (QED) is 0.281. The smallest absolute Gasteiger partial charge is 0.307 e. The highest BCUT2D eigenvalue weighted by atomic mass is 16.6. The van der Waals surface area contributed by atoms with E-state index in [0.717, 1.165) is 0 Å². The van der Waals surface area contributed by atoms with Crippen molar-refractivity contribution in [3.63, 3.8) is 0 Å². The Morgan fingerprint density at radius 3 is 1.50 bits per heavy atom. The second-order valence-electron chi connectivity index (χ2n) is 3.58. The molecule has 0 aromatic carbocycles. The third kappa shape index (κ3) is 8.88. The molecule has 0 fully saturated rings. The fourth-order valence-electron chi connectivity index (χ4n) is 1.03. The summed E-state index contributed by atoms with van der Waals surface area (Å²) in [5.74, 6) is -1.30. The maximum atomic E-state index is 11.2. The Morgan fingerprint density at radius 1 is 0.889 bits per heavy atom. The number of carbonyl (C=O) groups excluding carboxylic acids is 2. The minimum atomic E-state index is -0.879. The monoisotopic (exact) mass is 264 g/mol. The summed E-state index contributed by atoms with van der Waals surface area (Å²) in [7, 11) is 0. The van der Waals surface area contributed by atoms with E-state index in [1.165, 1.54) is 0 Å². The van der Waals surface area contributed by atoms with Crippen molar-refractivity contribution in [2.45, 2.75) is 38.1 Å². The second kappa shape index (κ2) is 9.77. The maximum Gasteiger partial charge on any atom is 0.307 e. The Labute approximate surface area is 105 Å². The molecule has 106 valence electrons. The lowest BCUT2D eigenvalue weighted by Crippen LogP contribution is -2.30. The summed E-state index contributed by atoms with van der Waals surface area (Å²) >= 11 is 0. The van der Waals surface area contributed by atoms with Crippen LogP contribution in [0.1, 0.15) is 25.7 Å². The van der Waals surface area contributed by atoms with E-state index in [1.54, 1.807) is 0 Å². The third-order valence-electron chi connectivity index (χ3n) is 1.93. The summed E-state index contributed by atoms with van der Waals surface area (Å²) in [4.78, 5) is 22.4. The fraction of sp³-hybridized carbons (Fsp3) is 0.800. The number of hydrogen-bond acceptors (Lipinski definition) is 8. The molecule has 0 rings (SSSR count). The molecule has 8 nitrogen and oxygen atoms in total. The topological polar surface area (TPSA) is 145 Å². The molecule has 0 heterocycles. The minimum absolute atomic E-state index is 0.136. The van der Waals surface area contributed by atoms with Crippen molar-refractivity contribution in [3.8, 4) is 0 Å². The number of rotatable bonds is 9. The van der Waals surface area contributed by atoms with Gasteiger partial charge in [-0.3, -0.25) is 21.1 Å². The van der Waals surface area contributed by atoms with E-state index >= 15 is 0 Å². The average Bonchev–Trinajstić information content (AvgIpc) is 2.27. The number of hydrogen-bond donors (Lipinski definition) is 4. The van der Waals surface area contributed by atoms with Gasteiger partial charge in [-0.25, -0.2) is 0 Å². The van der Waals surface area contributed by atoms with E-state index in [2.05, 4.69) is 0 Å². The molecule has 2 atom stereocenters. The van der Waals surface area contributed by atoms with Crippen LogP contribution in [0.2, 0.25) is 0 Å². The Kier molecular flexibility index (Phi) is 9.11. The first kappa shape index (κ1) is 16.8. The molecule has 8 heteroatoms. The third-order valence-corrected chi connectivity index (χ3v) is 1.93. The van der Waals surface area contributed by atoms with Gasteiger partial charge in [0.05, 0.1) is 12.8 Å². The maximum absolute atomic E-state index is 11.2. The molecule has 18 heavy (non-hydrogen) atoms. The summed E-state index contributed by atoms with van der Waals surface area (Å²) in [5, 5.41) is 17.1. The Balaban J connectivity index is 3.74. The molecule has 0 aromatic rings. The SMILES string of the molecule is NC(CCO)OC(=O)CCC(=O)OC(N)CCO. The molecule has 0 spiro atoms. The second-order valence-corrected chi connectivity index (χ2v) is 3.58. The molecule has 0 saturated heterocycles. The van der Waals surface area contributed by atoms with Gasteiger partial charge >= 0.3 is 11.9 Å². The zero-order valence-corrected chi connectivity index (χ0v) is 10.1. The highest BCUT2D eigenvalue weighted by Gasteiger charge is 2.14. The Bertz CT molecular complexity index is 235. The van der Waals surface area contributed by atoms with Crippen LogP contribution in [0.3, 0.4) is 0 Å². The molecule has 0 aromatic heterocycles. The lowest BCUT2D eigenvalue weighted by Gasteiger charge is -2.13. The van der Waals surface area contributed by atoms with Crippen LogP contribution < -0.4 is 11.5 Å². The lowest BCUT2D eigenvalue weighted by molar-refractivity contribution is -0.156. The van der Waals surface area contributed by atoms with Crippen molar-refractivity contribution in [1.29, 1.82) is 0 Å². The van der Waals surface area contributed by atoms with Gasteiger partial charge in [-0.1, -0.05) is 0 Å². The molecule has 0 aliphatic rings. The number of nitrogens with two attached hydrogens (primary N) is 2. The van der Waals surface area contributed by atoms with Crippen LogP contribution in [0.5, 0.6) is 0 Å². The molecular weight excluding hydrogens is 244 g/mol. The van der Waals surface area contributed by atoms with Crippen molar-refractivity contribution in [3.05, 3.63) is 0 Å². The van der Waals surface area contributed by atoms with Gasteiger partial charge in [0.2, 0.25) is 0 Å². The summed E-state index contributed by atoms with van der Waals surface area (Å²) in [6.07, 6.45) is -1.84. The highest BCUT2D eigenvalue weighted by molar-refractivity contribution is 5.77. The van der Waals surface area contributed by atoms with Crippen LogP contribution in [0.15, 0.2) is 0 Å². The van der Waals surface area contributed by atoms with Crippen molar-refractivity contribution < 1.29 is 29.3 Å². The van der Waals surface area contributed by atoms with Gasteiger partial charge in [0.1, 0.15) is 0 Å². The largest absolute Gasteiger partial charge is 0.447 e. The van der Waals surface area contributed by atoms with Crippen LogP contribution in [0, 0.1) is 0 Å². The molecular formula is C10H20N2O6. The van der Waals surface area contributed by atoms with Crippen LogP contribution >= 0.6 is 0 Å². The van der Waals surface area contributed by atoms with Gasteiger partial charge in [-0.15, -0.1) is 0 Å². The number of carbonyl (C=O) groups is 2. The first-order chi connectivity index (χ1) is 8.49. The number of aliphatic hydroxyl groups is 2. The van der Waals surface area contributed by atoms with Gasteiger partial charge in [0.15, 0.2) is 12.5 Å². The molecule has 0 aliphatic heterocycles. The fourth-order valence-corrected chi connectivity index (χ4v) is 1.03. The average molecular weight is 264 g/mol. The standard InChI is InChI=1S/C10H20N2O6/c11-7(3-5-13)17-9(15)1-2-10(16)18-8(12)4-6-14/h7-8,13-14H,1-6,11-12H2. The molecule has 2 unspecified atom stereocenters. The molecule has 0 saturated carbocycles. The number of esters is 2. The van der Waals surface area contributed by atoms with Crippen LogP contribution in [0.25, 0.3) is 0 Å². The summed E-state index contributed by atoms with van der Waals surface area (Å²) in [6, 6.07) is 0. The van der Waals surface area contributed by atoms with Gasteiger partial charge in [-0.2, -0.15) is 0 Å². The van der Waals surface area contributed by atoms with E-state index in [-0.39, 0.29) is 38.9 Å². The van der Waals surface area contributed by atoms with Gasteiger partial charge in [0, 0.05) is 26.1 Å². The summed E-state index contributed by atoms with van der Waals surface area (Å²) in [5.41, 5.74) is 10.7. The number of aliphatic hydroxyl groups excluding tert-OH is 2. The van der Waals surface area contributed by atoms with Gasteiger partial charge < -0.3 is 19.7 Å². The van der Waals surface area contributed by atoms with Crippen molar-refractivity contribution in [2.75, 3.05) is 13.2 Å². The van der Waals surface area contributed by atoms with E-state index < -0.39 is 24.4 Å². The normalized spacial score (nSPS) is 13.8. The predicted octanol–water partition coefficient (Wildman–Crippen LogP) is -1.81.